The van der Waals surface area contributed by atoms with Crippen molar-refractivity contribution in [1.82, 2.24) is 9.55 Å². The molecule has 3 rings (SSSR count). The van der Waals surface area contributed by atoms with Crippen molar-refractivity contribution in [2.75, 3.05) is 6.61 Å². The van der Waals surface area contributed by atoms with Crippen molar-refractivity contribution in [1.29, 1.82) is 0 Å². The minimum Gasteiger partial charge on any atom is -0.493 e. The van der Waals surface area contributed by atoms with Crippen LogP contribution in [0.1, 0.15) is 16.8 Å². The summed E-state index contributed by atoms with van der Waals surface area (Å²) in [5.74, 6) is 2.38. The van der Waals surface area contributed by atoms with Gasteiger partial charge in [0.2, 0.25) is 0 Å². The molecule has 0 radical (unpaired) electrons. The first-order valence-electron chi connectivity index (χ1n) is 6.32. The van der Waals surface area contributed by atoms with Crippen molar-refractivity contribution in [3.8, 4) is 5.75 Å². The van der Waals surface area contributed by atoms with Crippen molar-refractivity contribution >= 4 is 39.3 Å². The fraction of sp³-hybridized carbons (Fsp3) is 0.357. The molecule has 2 heterocycles. The average Bonchev–Trinajstić information content (AvgIpc) is 3.02. The number of imidazole rings is 1. The number of ether oxygens (including phenoxy) is 1. The lowest BCUT2D eigenvalue weighted by Gasteiger charge is -2.09. The van der Waals surface area contributed by atoms with E-state index in [9.17, 15) is 0 Å². The first kappa shape index (κ1) is 14.3. The maximum absolute atomic E-state index is 5.86. The summed E-state index contributed by atoms with van der Waals surface area (Å²) < 4.78 is 8.90. The van der Waals surface area contributed by atoms with Crippen LogP contribution in [0.3, 0.4) is 0 Å². The summed E-state index contributed by atoms with van der Waals surface area (Å²) in [6.45, 7) is 0.780. The molecule has 106 valence electrons. The molecule has 0 spiro atoms. The van der Waals surface area contributed by atoms with E-state index in [1.807, 2.05) is 17.8 Å². The summed E-state index contributed by atoms with van der Waals surface area (Å²) in [6, 6.07) is 4.27. The molecule has 1 aliphatic rings. The summed E-state index contributed by atoms with van der Waals surface area (Å²) >= 11 is 11.1. The third-order valence-corrected chi connectivity index (χ3v) is 5.19. The van der Waals surface area contributed by atoms with Crippen molar-refractivity contribution in [2.24, 2.45) is 7.05 Å². The van der Waals surface area contributed by atoms with E-state index in [-0.39, 0.29) is 0 Å². The summed E-state index contributed by atoms with van der Waals surface area (Å²) in [4.78, 5) is 4.41. The number of hydrogen-bond acceptors (Lipinski definition) is 3. The third-order valence-electron chi connectivity index (χ3n) is 3.36. The number of hydrogen-bond donors (Lipinski definition) is 0. The van der Waals surface area contributed by atoms with Crippen LogP contribution in [-0.4, -0.2) is 16.2 Å². The molecule has 3 nitrogen and oxygen atoms in total. The lowest BCUT2D eigenvalue weighted by molar-refractivity contribution is 0.354. The molecule has 2 aromatic rings. The zero-order chi connectivity index (χ0) is 14.1. The Balaban J connectivity index is 1.80. The van der Waals surface area contributed by atoms with Crippen molar-refractivity contribution in [2.45, 2.75) is 23.2 Å². The van der Waals surface area contributed by atoms with E-state index >= 15 is 0 Å². The second kappa shape index (κ2) is 6.00. The van der Waals surface area contributed by atoms with Gasteiger partial charge in [0.05, 0.1) is 24.4 Å². The predicted octanol–water partition coefficient (Wildman–Crippen LogP) is 4.15. The molecule has 1 aromatic carbocycles. The van der Waals surface area contributed by atoms with Crippen molar-refractivity contribution in [3.05, 3.63) is 39.6 Å². The van der Waals surface area contributed by atoms with E-state index in [1.54, 1.807) is 11.8 Å². The Hall–Kier alpha value is -0.650. The van der Waals surface area contributed by atoms with E-state index in [0.29, 0.717) is 5.88 Å². The third kappa shape index (κ3) is 2.71. The molecule has 0 N–H and O–H groups in total. The molecule has 6 heteroatoms. The smallest absolute Gasteiger partial charge is 0.168 e. The second-order valence-corrected chi connectivity index (χ2v) is 6.79. The van der Waals surface area contributed by atoms with Gasteiger partial charge in [0.15, 0.2) is 5.16 Å². The molecule has 0 unspecified atom stereocenters. The number of nitrogens with zero attached hydrogens (tertiary/aromatic N) is 2. The van der Waals surface area contributed by atoms with Gasteiger partial charge in [-0.2, -0.15) is 0 Å². The van der Waals surface area contributed by atoms with Gasteiger partial charge in [-0.25, -0.2) is 4.98 Å². The number of aromatic nitrogens is 2. The minimum atomic E-state index is 0.486. The van der Waals surface area contributed by atoms with Gasteiger partial charge in [0, 0.05) is 29.3 Å². The van der Waals surface area contributed by atoms with Crippen LogP contribution in [0.25, 0.3) is 0 Å². The van der Waals surface area contributed by atoms with Crippen LogP contribution in [0.4, 0.5) is 0 Å². The van der Waals surface area contributed by atoms with Crippen LogP contribution in [0, 0.1) is 0 Å². The van der Waals surface area contributed by atoms with Gasteiger partial charge in [-0.05, 0) is 17.7 Å². The van der Waals surface area contributed by atoms with Crippen LogP contribution in [0.2, 0.25) is 0 Å². The number of thioether (sulfide) groups is 1. The fourth-order valence-corrected chi connectivity index (χ4v) is 4.02. The van der Waals surface area contributed by atoms with E-state index < -0.39 is 0 Å². The fourth-order valence-electron chi connectivity index (χ4n) is 2.28. The van der Waals surface area contributed by atoms with E-state index in [0.717, 1.165) is 39.9 Å². The Morgan fingerprint density at radius 2 is 2.35 bits per heavy atom. The average molecular weight is 374 g/mol. The van der Waals surface area contributed by atoms with Crippen LogP contribution in [0.5, 0.6) is 5.75 Å². The highest BCUT2D eigenvalue weighted by atomic mass is 79.9. The van der Waals surface area contributed by atoms with Crippen LogP contribution < -0.4 is 4.74 Å². The standard InChI is InChI=1S/C14H14BrClN2OS/c1-18-12(6-16)7-17-14(18)20-8-10-5-11(15)4-9-2-3-19-13(9)10/h4-5,7H,2-3,6,8H2,1H3. The lowest BCUT2D eigenvalue weighted by atomic mass is 10.1. The molecule has 0 amide bonds. The minimum absolute atomic E-state index is 0.486. The SMILES string of the molecule is Cn1c(CCl)cnc1SCc1cc(Br)cc2c1OCC2. The molecule has 0 atom stereocenters. The Bertz CT molecular complexity index is 644. The maximum Gasteiger partial charge on any atom is 0.168 e. The van der Waals surface area contributed by atoms with Gasteiger partial charge in [0.25, 0.3) is 0 Å². The van der Waals surface area contributed by atoms with Gasteiger partial charge >= 0.3 is 0 Å². The highest BCUT2D eigenvalue weighted by Crippen LogP contribution is 2.36. The number of fused-ring (bicyclic) bond motifs is 1. The number of benzene rings is 1. The van der Waals surface area contributed by atoms with Crippen LogP contribution >= 0.6 is 39.3 Å². The summed E-state index contributed by atoms with van der Waals surface area (Å²) in [5.41, 5.74) is 3.54. The first-order chi connectivity index (χ1) is 9.69. The first-order valence-corrected chi connectivity index (χ1v) is 8.64. The van der Waals surface area contributed by atoms with Gasteiger partial charge in [-0.3, -0.25) is 0 Å². The molecule has 1 aromatic heterocycles. The normalized spacial score (nSPS) is 13.3. The summed E-state index contributed by atoms with van der Waals surface area (Å²) in [5, 5.41) is 0.979. The van der Waals surface area contributed by atoms with Gasteiger partial charge in [-0.1, -0.05) is 27.7 Å². The van der Waals surface area contributed by atoms with E-state index in [1.165, 1.54) is 11.1 Å². The summed E-state index contributed by atoms with van der Waals surface area (Å²) in [7, 11) is 1.99. The number of rotatable bonds is 4. The molecule has 1 aliphatic heterocycles. The molecule has 0 saturated carbocycles. The number of halogens is 2. The zero-order valence-electron chi connectivity index (χ0n) is 11.0. The van der Waals surface area contributed by atoms with Crippen molar-refractivity contribution in [3.63, 3.8) is 0 Å². The maximum atomic E-state index is 5.86. The predicted molar refractivity (Wildman–Crippen MR) is 85.7 cm³/mol. The highest BCUT2D eigenvalue weighted by Gasteiger charge is 2.18. The molecule has 0 saturated heterocycles. The second-order valence-electron chi connectivity index (χ2n) is 4.67. The molecule has 0 fully saturated rings. The quantitative estimate of drug-likeness (QED) is 0.595. The summed E-state index contributed by atoms with van der Waals surface area (Å²) in [6.07, 6.45) is 2.82. The van der Waals surface area contributed by atoms with Gasteiger partial charge in [0.1, 0.15) is 5.75 Å². The molecule has 0 bridgehead atoms. The monoisotopic (exact) mass is 372 g/mol. The van der Waals surface area contributed by atoms with E-state index in [4.69, 9.17) is 16.3 Å². The van der Waals surface area contributed by atoms with Gasteiger partial charge in [-0.15, -0.1) is 11.6 Å². The molecule has 20 heavy (non-hydrogen) atoms. The largest absolute Gasteiger partial charge is 0.493 e. The Kier molecular flexibility index (Phi) is 4.29. The topological polar surface area (TPSA) is 27.1 Å². The zero-order valence-corrected chi connectivity index (χ0v) is 14.2. The molecule has 0 aliphatic carbocycles. The highest BCUT2D eigenvalue weighted by molar-refractivity contribution is 9.10. The molecular formula is C14H14BrClN2OS. The number of alkyl halides is 1. The lowest BCUT2D eigenvalue weighted by Crippen LogP contribution is -1.96. The van der Waals surface area contributed by atoms with Crippen LogP contribution in [-0.2, 0) is 25.1 Å². The van der Waals surface area contributed by atoms with Crippen molar-refractivity contribution < 1.29 is 4.74 Å². The van der Waals surface area contributed by atoms with Gasteiger partial charge < -0.3 is 9.30 Å². The van der Waals surface area contributed by atoms with E-state index in [2.05, 4.69) is 33.0 Å². The Morgan fingerprint density at radius 3 is 3.10 bits per heavy atom. The Morgan fingerprint density at radius 1 is 1.50 bits per heavy atom. The van der Waals surface area contributed by atoms with Crippen LogP contribution in [0.15, 0.2) is 28.0 Å². The Labute approximate surface area is 135 Å². The molecular weight excluding hydrogens is 360 g/mol.